The van der Waals surface area contributed by atoms with Crippen LogP contribution in [0.15, 0.2) is 29.3 Å². The van der Waals surface area contributed by atoms with Crippen molar-refractivity contribution in [2.45, 2.75) is 12.2 Å². The molecule has 6 heteroatoms. The monoisotopic (exact) mass is 230 g/mol. The highest BCUT2D eigenvalue weighted by Crippen LogP contribution is 2.31. The van der Waals surface area contributed by atoms with Crippen molar-refractivity contribution in [3.05, 3.63) is 35.4 Å². The second kappa shape index (κ2) is 3.70. The van der Waals surface area contributed by atoms with Gasteiger partial charge in [-0.2, -0.15) is 13.2 Å². The van der Waals surface area contributed by atoms with Crippen molar-refractivity contribution in [3.8, 4) is 0 Å². The van der Waals surface area contributed by atoms with Gasteiger partial charge in [-0.1, -0.05) is 12.1 Å². The molecule has 0 unspecified atom stereocenters. The van der Waals surface area contributed by atoms with Crippen LogP contribution in [0.5, 0.6) is 0 Å². The van der Waals surface area contributed by atoms with Crippen molar-refractivity contribution in [1.29, 1.82) is 0 Å². The molecule has 2 rings (SSSR count). The van der Waals surface area contributed by atoms with Crippen molar-refractivity contribution < 1.29 is 17.9 Å². The molecule has 1 atom stereocenters. The number of ether oxygens (including phenoxy) is 1. The summed E-state index contributed by atoms with van der Waals surface area (Å²) < 4.78 is 41.8. The summed E-state index contributed by atoms with van der Waals surface area (Å²) in [6, 6.07) is 4.60. The fraction of sp³-hybridized carbons (Fsp3) is 0.300. The number of hydrogen-bond acceptors (Lipinski definition) is 3. The molecular weight excluding hydrogens is 221 g/mol. The topological polar surface area (TPSA) is 47.6 Å². The highest BCUT2D eigenvalue weighted by atomic mass is 19.4. The highest BCUT2D eigenvalue weighted by Gasteiger charge is 2.30. The second-order valence-electron chi connectivity index (χ2n) is 3.41. The van der Waals surface area contributed by atoms with Gasteiger partial charge in [0.25, 0.3) is 6.02 Å². The SMILES string of the molecule is NC1=N[C@@H](c2ccc(C(F)(F)F)cc2)CO1. The normalized spacial score (nSPS) is 20.4. The Balaban J connectivity index is 2.20. The molecule has 0 aromatic heterocycles. The molecule has 0 aliphatic carbocycles. The first kappa shape index (κ1) is 10.8. The first-order valence-corrected chi connectivity index (χ1v) is 4.60. The molecule has 0 radical (unpaired) electrons. The quantitative estimate of drug-likeness (QED) is 0.803. The standard InChI is InChI=1S/C10H9F3N2O/c11-10(12,13)7-3-1-6(2-4-7)8-5-16-9(14)15-8/h1-4,8H,5H2,(H2,14,15)/t8-/m1/s1. The average Bonchev–Trinajstić information content (AvgIpc) is 2.64. The van der Waals surface area contributed by atoms with Gasteiger partial charge in [0.2, 0.25) is 0 Å². The Kier molecular flexibility index (Phi) is 2.49. The highest BCUT2D eigenvalue weighted by molar-refractivity contribution is 5.73. The number of nitrogens with zero attached hydrogens (tertiary/aromatic N) is 1. The van der Waals surface area contributed by atoms with Gasteiger partial charge in [0.05, 0.1) is 5.56 Å². The van der Waals surface area contributed by atoms with Crippen molar-refractivity contribution in [2.24, 2.45) is 10.7 Å². The maximum absolute atomic E-state index is 12.3. The number of halogens is 3. The Bertz CT molecular complexity index is 411. The Morgan fingerprint density at radius 3 is 2.31 bits per heavy atom. The van der Waals surface area contributed by atoms with Crippen LogP contribution < -0.4 is 5.73 Å². The summed E-state index contributed by atoms with van der Waals surface area (Å²) >= 11 is 0. The number of alkyl halides is 3. The van der Waals surface area contributed by atoms with Gasteiger partial charge < -0.3 is 10.5 Å². The van der Waals surface area contributed by atoms with E-state index in [2.05, 4.69) is 4.99 Å². The number of amidine groups is 1. The molecular formula is C10H9F3N2O. The van der Waals surface area contributed by atoms with Crippen LogP contribution in [0.1, 0.15) is 17.2 Å². The zero-order valence-corrected chi connectivity index (χ0v) is 8.16. The summed E-state index contributed by atoms with van der Waals surface area (Å²) in [6.45, 7) is 0.275. The van der Waals surface area contributed by atoms with Crippen LogP contribution in [0, 0.1) is 0 Å². The van der Waals surface area contributed by atoms with Crippen LogP contribution in [-0.4, -0.2) is 12.6 Å². The van der Waals surface area contributed by atoms with Crippen molar-refractivity contribution >= 4 is 6.02 Å². The van der Waals surface area contributed by atoms with Crippen LogP contribution in [0.2, 0.25) is 0 Å². The zero-order chi connectivity index (χ0) is 11.8. The third-order valence-corrected chi connectivity index (χ3v) is 2.29. The molecule has 1 aliphatic rings. The average molecular weight is 230 g/mol. The van der Waals surface area contributed by atoms with E-state index >= 15 is 0 Å². The Morgan fingerprint density at radius 1 is 1.25 bits per heavy atom. The van der Waals surface area contributed by atoms with Crippen molar-refractivity contribution in [2.75, 3.05) is 6.61 Å². The van der Waals surface area contributed by atoms with E-state index < -0.39 is 11.7 Å². The number of aliphatic imine (C=N–C) groups is 1. The van der Waals surface area contributed by atoms with E-state index in [-0.39, 0.29) is 18.7 Å². The lowest BCUT2D eigenvalue weighted by atomic mass is 10.1. The van der Waals surface area contributed by atoms with Gasteiger partial charge in [-0.3, -0.25) is 0 Å². The van der Waals surface area contributed by atoms with Gasteiger partial charge in [0.1, 0.15) is 12.6 Å². The minimum atomic E-state index is -4.31. The largest absolute Gasteiger partial charge is 0.463 e. The lowest BCUT2D eigenvalue weighted by Gasteiger charge is -2.09. The summed E-state index contributed by atoms with van der Waals surface area (Å²) in [5.74, 6) is 0. The van der Waals surface area contributed by atoms with Crippen molar-refractivity contribution in [1.82, 2.24) is 0 Å². The van der Waals surface area contributed by atoms with E-state index in [1.807, 2.05) is 0 Å². The maximum Gasteiger partial charge on any atom is 0.416 e. The molecule has 86 valence electrons. The lowest BCUT2D eigenvalue weighted by molar-refractivity contribution is -0.137. The predicted octanol–water partition coefficient (Wildman–Crippen LogP) is 2.09. The van der Waals surface area contributed by atoms with E-state index in [0.717, 1.165) is 12.1 Å². The predicted molar refractivity (Wildman–Crippen MR) is 51.8 cm³/mol. The molecule has 0 spiro atoms. The summed E-state index contributed by atoms with van der Waals surface area (Å²) in [6.07, 6.45) is -4.31. The number of benzene rings is 1. The molecule has 3 nitrogen and oxygen atoms in total. The smallest absolute Gasteiger partial charge is 0.416 e. The molecule has 1 heterocycles. The van der Waals surface area contributed by atoms with Gasteiger partial charge in [-0.25, -0.2) is 4.99 Å². The van der Waals surface area contributed by atoms with Gasteiger partial charge in [-0.05, 0) is 17.7 Å². The van der Waals surface area contributed by atoms with Gasteiger partial charge in [0.15, 0.2) is 0 Å². The summed E-state index contributed by atoms with van der Waals surface area (Å²) in [5, 5.41) is 0. The summed E-state index contributed by atoms with van der Waals surface area (Å²) in [4.78, 5) is 3.94. The van der Waals surface area contributed by atoms with E-state index in [1.165, 1.54) is 12.1 Å². The number of hydrogen-bond donors (Lipinski definition) is 1. The lowest BCUT2D eigenvalue weighted by Crippen LogP contribution is -2.10. The summed E-state index contributed by atoms with van der Waals surface area (Å²) in [5.41, 5.74) is 5.30. The molecule has 0 fully saturated rings. The second-order valence-corrected chi connectivity index (χ2v) is 3.41. The van der Waals surface area contributed by atoms with Crippen molar-refractivity contribution in [3.63, 3.8) is 0 Å². The fourth-order valence-electron chi connectivity index (χ4n) is 1.46. The molecule has 16 heavy (non-hydrogen) atoms. The third-order valence-electron chi connectivity index (χ3n) is 2.29. The number of nitrogens with two attached hydrogens (primary N) is 1. The minimum absolute atomic E-state index is 0.0740. The minimum Gasteiger partial charge on any atom is -0.463 e. The fourth-order valence-corrected chi connectivity index (χ4v) is 1.46. The molecule has 2 N–H and O–H groups in total. The van der Waals surface area contributed by atoms with Gasteiger partial charge in [0, 0.05) is 0 Å². The van der Waals surface area contributed by atoms with Crippen LogP contribution >= 0.6 is 0 Å². The van der Waals surface area contributed by atoms with E-state index in [0.29, 0.717) is 5.56 Å². The van der Waals surface area contributed by atoms with Gasteiger partial charge in [-0.15, -0.1) is 0 Å². The summed E-state index contributed by atoms with van der Waals surface area (Å²) in [7, 11) is 0. The molecule has 0 amide bonds. The molecule has 1 aromatic rings. The molecule has 0 saturated carbocycles. The van der Waals surface area contributed by atoms with Crippen LogP contribution in [-0.2, 0) is 10.9 Å². The first-order chi connectivity index (χ1) is 7.47. The van der Waals surface area contributed by atoms with E-state index in [9.17, 15) is 13.2 Å². The van der Waals surface area contributed by atoms with E-state index in [1.54, 1.807) is 0 Å². The van der Waals surface area contributed by atoms with Crippen LogP contribution in [0.4, 0.5) is 13.2 Å². The van der Waals surface area contributed by atoms with Crippen LogP contribution in [0.3, 0.4) is 0 Å². The molecule has 1 aromatic carbocycles. The molecule has 1 aliphatic heterocycles. The van der Waals surface area contributed by atoms with Crippen LogP contribution in [0.25, 0.3) is 0 Å². The zero-order valence-electron chi connectivity index (χ0n) is 8.16. The third kappa shape index (κ3) is 2.10. The number of rotatable bonds is 1. The molecule has 0 bridgehead atoms. The first-order valence-electron chi connectivity index (χ1n) is 4.60. The Labute approximate surface area is 89.7 Å². The van der Waals surface area contributed by atoms with E-state index in [4.69, 9.17) is 10.5 Å². The Morgan fingerprint density at radius 2 is 1.88 bits per heavy atom. The Hall–Kier alpha value is -1.72. The maximum atomic E-state index is 12.3. The van der Waals surface area contributed by atoms with Gasteiger partial charge >= 0.3 is 6.18 Å². The molecule has 0 saturated heterocycles.